The summed E-state index contributed by atoms with van der Waals surface area (Å²) in [6.45, 7) is 0. The van der Waals surface area contributed by atoms with Crippen LogP contribution in [0.4, 0.5) is 0 Å². The predicted octanol–water partition coefficient (Wildman–Crippen LogP) is 1.49. The van der Waals surface area contributed by atoms with Crippen LogP contribution < -0.4 is 5.32 Å². The second kappa shape index (κ2) is 4.38. The van der Waals surface area contributed by atoms with E-state index in [-0.39, 0.29) is 18.1 Å². The molecule has 1 fully saturated rings. The first kappa shape index (κ1) is 11.2. The van der Waals surface area contributed by atoms with Crippen LogP contribution in [0.2, 0.25) is 0 Å². The van der Waals surface area contributed by atoms with Gasteiger partial charge in [0.25, 0.3) is 5.91 Å². The fourth-order valence-electron chi connectivity index (χ4n) is 2.19. The fraction of sp³-hybridized carbons (Fsp3) is 0.286. The Morgan fingerprint density at radius 2 is 2.17 bits per heavy atom. The molecule has 1 aromatic heterocycles. The van der Waals surface area contributed by atoms with Crippen molar-refractivity contribution in [3.63, 3.8) is 0 Å². The first-order chi connectivity index (χ1) is 8.72. The maximum Gasteiger partial charge on any atom is 0.251 e. The zero-order valence-electron chi connectivity index (χ0n) is 9.84. The van der Waals surface area contributed by atoms with Crippen LogP contribution in [0, 0.1) is 0 Å². The van der Waals surface area contributed by atoms with Gasteiger partial charge in [0.15, 0.2) is 0 Å². The Balaban J connectivity index is 1.79. The first-order valence-electron chi connectivity index (χ1n) is 6.06. The molecule has 0 aliphatic heterocycles. The fourth-order valence-corrected chi connectivity index (χ4v) is 2.19. The summed E-state index contributed by atoms with van der Waals surface area (Å²) in [4.78, 5) is 16.2. The van der Waals surface area contributed by atoms with E-state index in [1.807, 2.05) is 24.3 Å². The maximum atomic E-state index is 12.0. The molecule has 2 aromatic rings. The van der Waals surface area contributed by atoms with Crippen LogP contribution >= 0.6 is 0 Å². The third kappa shape index (κ3) is 2.07. The summed E-state index contributed by atoms with van der Waals surface area (Å²) in [5, 5.41) is 13.0. The standard InChI is InChI=1S/C14H14N2O2/c17-12-7-11(8-12)16-14(18)10-3-4-13-9(6-10)2-1-5-15-13/h1-6,11-12,17H,7-8H2,(H,16,18). The molecular weight excluding hydrogens is 228 g/mol. The molecule has 4 heteroatoms. The largest absolute Gasteiger partial charge is 0.393 e. The molecule has 1 aromatic carbocycles. The average molecular weight is 242 g/mol. The van der Waals surface area contributed by atoms with E-state index in [1.54, 1.807) is 12.3 Å². The SMILES string of the molecule is O=C(NC1CC(O)C1)c1ccc2ncccc2c1. The van der Waals surface area contributed by atoms with E-state index in [2.05, 4.69) is 10.3 Å². The predicted molar refractivity (Wildman–Crippen MR) is 68.2 cm³/mol. The molecule has 92 valence electrons. The van der Waals surface area contributed by atoms with E-state index < -0.39 is 0 Å². The summed E-state index contributed by atoms with van der Waals surface area (Å²) in [5.41, 5.74) is 1.52. The quantitative estimate of drug-likeness (QED) is 0.838. The molecule has 0 saturated heterocycles. The summed E-state index contributed by atoms with van der Waals surface area (Å²) in [6.07, 6.45) is 2.79. The molecule has 4 nitrogen and oxygen atoms in total. The van der Waals surface area contributed by atoms with E-state index in [9.17, 15) is 9.90 Å². The molecule has 2 N–H and O–H groups in total. The number of aliphatic hydroxyl groups excluding tert-OH is 1. The number of amides is 1. The van der Waals surface area contributed by atoms with Gasteiger partial charge >= 0.3 is 0 Å². The Morgan fingerprint density at radius 1 is 1.33 bits per heavy atom. The molecule has 0 bridgehead atoms. The van der Waals surface area contributed by atoms with Gasteiger partial charge in [-0.15, -0.1) is 0 Å². The number of nitrogens with one attached hydrogen (secondary N) is 1. The molecular formula is C14H14N2O2. The van der Waals surface area contributed by atoms with Crippen molar-refractivity contribution in [2.75, 3.05) is 0 Å². The number of hydrogen-bond acceptors (Lipinski definition) is 3. The topological polar surface area (TPSA) is 62.2 Å². The highest BCUT2D eigenvalue weighted by Crippen LogP contribution is 2.20. The second-order valence-corrected chi connectivity index (χ2v) is 4.71. The Bertz CT molecular complexity index is 591. The third-order valence-electron chi connectivity index (χ3n) is 3.31. The minimum absolute atomic E-state index is 0.0855. The second-order valence-electron chi connectivity index (χ2n) is 4.71. The van der Waals surface area contributed by atoms with Gasteiger partial charge in [0.2, 0.25) is 0 Å². The number of nitrogens with zero attached hydrogens (tertiary/aromatic N) is 1. The van der Waals surface area contributed by atoms with E-state index in [4.69, 9.17) is 0 Å². The van der Waals surface area contributed by atoms with Gasteiger partial charge in [0.05, 0.1) is 11.6 Å². The number of benzene rings is 1. The van der Waals surface area contributed by atoms with Gasteiger partial charge in [-0.3, -0.25) is 9.78 Å². The van der Waals surface area contributed by atoms with Crippen molar-refractivity contribution in [1.29, 1.82) is 0 Å². The van der Waals surface area contributed by atoms with Gasteiger partial charge < -0.3 is 10.4 Å². The lowest BCUT2D eigenvalue weighted by Crippen LogP contribution is -2.46. The Hall–Kier alpha value is -1.94. The Morgan fingerprint density at radius 3 is 2.94 bits per heavy atom. The Labute approximate surface area is 105 Å². The van der Waals surface area contributed by atoms with Crippen molar-refractivity contribution in [3.05, 3.63) is 42.1 Å². The van der Waals surface area contributed by atoms with Crippen LogP contribution in [0.3, 0.4) is 0 Å². The molecule has 0 radical (unpaired) electrons. The van der Waals surface area contributed by atoms with E-state index in [0.717, 1.165) is 10.9 Å². The van der Waals surface area contributed by atoms with Crippen molar-refractivity contribution in [1.82, 2.24) is 10.3 Å². The number of rotatable bonds is 2. The van der Waals surface area contributed by atoms with Crippen molar-refractivity contribution < 1.29 is 9.90 Å². The van der Waals surface area contributed by atoms with Crippen molar-refractivity contribution >= 4 is 16.8 Å². The zero-order valence-corrected chi connectivity index (χ0v) is 9.84. The van der Waals surface area contributed by atoms with Crippen LogP contribution in [0.25, 0.3) is 10.9 Å². The number of aliphatic hydroxyl groups is 1. The monoisotopic (exact) mass is 242 g/mol. The number of carbonyl (C=O) groups excluding carboxylic acids is 1. The molecule has 0 atom stereocenters. The lowest BCUT2D eigenvalue weighted by atomic mass is 9.89. The summed E-state index contributed by atoms with van der Waals surface area (Å²) < 4.78 is 0. The van der Waals surface area contributed by atoms with Gasteiger partial charge in [0, 0.05) is 23.2 Å². The molecule has 0 unspecified atom stereocenters. The van der Waals surface area contributed by atoms with E-state index in [0.29, 0.717) is 18.4 Å². The van der Waals surface area contributed by atoms with Crippen molar-refractivity contribution in [3.8, 4) is 0 Å². The van der Waals surface area contributed by atoms with Gasteiger partial charge in [-0.1, -0.05) is 6.07 Å². The van der Waals surface area contributed by atoms with Gasteiger partial charge in [0.1, 0.15) is 0 Å². The lowest BCUT2D eigenvalue weighted by Gasteiger charge is -2.31. The molecule has 1 aliphatic rings. The Kier molecular flexibility index (Phi) is 2.72. The molecule has 1 aliphatic carbocycles. The summed E-state index contributed by atoms with van der Waals surface area (Å²) in [5.74, 6) is -0.0855. The smallest absolute Gasteiger partial charge is 0.251 e. The lowest BCUT2D eigenvalue weighted by molar-refractivity contribution is 0.0563. The van der Waals surface area contributed by atoms with Crippen molar-refractivity contribution in [2.24, 2.45) is 0 Å². The number of hydrogen-bond donors (Lipinski definition) is 2. The molecule has 1 amide bonds. The number of aromatic nitrogens is 1. The molecule has 18 heavy (non-hydrogen) atoms. The van der Waals surface area contributed by atoms with Crippen LogP contribution in [0.1, 0.15) is 23.2 Å². The number of pyridine rings is 1. The van der Waals surface area contributed by atoms with Gasteiger partial charge in [-0.2, -0.15) is 0 Å². The van der Waals surface area contributed by atoms with Crippen molar-refractivity contribution in [2.45, 2.75) is 25.0 Å². The first-order valence-corrected chi connectivity index (χ1v) is 6.06. The zero-order chi connectivity index (χ0) is 12.5. The normalized spacial score (nSPS) is 22.5. The molecule has 3 rings (SSSR count). The minimum atomic E-state index is -0.254. The summed E-state index contributed by atoms with van der Waals surface area (Å²) in [7, 11) is 0. The third-order valence-corrected chi connectivity index (χ3v) is 3.31. The highest BCUT2D eigenvalue weighted by atomic mass is 16.3. The van der Waals surface area contributed by atoms with Crippen LogP contribution in [0.5, 0.6) is 0 Å². The minimum Gasteiger partial charge on any atom is -0.393 e. The molecule has 1 heterocycles. The van der Waals surface area contributed by atoms with E-state index in [1.165, 1.54) is 0 Å². The van der Waals surface area contributed by atoms with E-state index >= 15 is 0 Å². The van der Waals surface area contributed by atoms with Gasteiger partial charge in [-0.05, 0) is 37.1 Å². The maximum absolute atomic E-state index is 12.0. The summed E-state index contributed by atoms with van der Waals surface area (Å²) in [6, 6.07) is 9.36. The summed E-state index contributed by atoms with van der Waals surface area (Å²) >= 11 is 0. The molecule has 1 saturated carbocycles. The average Bonchev–Trinajstić information content (AvgIpc) is 2.36. The van der Waals surface area contributed by atoms with Crippen LogP contribution in [-0.4, -0.2) is 28.1 Å². The van der Waals surface area contributed by atoms with Crippen LogP contribution in [0.15, 0.2) is 36.5 Å². The van der Waals surface area contributed by atoms with Gasteiger partial charge in [-0.25, -0.2) is 0 Å². The number of fused-ring (bicyclic) bond motifs is 1. The molecule has 0 spiro atoms. The number of carbonyl (C=O) groups is 1. The highest BCUT2D eigenvalue weighted by Gasteiger charge is 2.28. The highest BCUT2D eigenvalue weighted by molar-refractivity contribution is 5.98. The van der Waals surface area contributed by atoms with Crippen LogP contribution in [-0.2, 0) is 0 Å².